The fourth-order valence-electron chi connectivity index (χ4n) is 3.07. The van der Waals surface area contributed by atoms with Crippen LogP contribution in [0.25, 0.3) is 0 Å². The predicted molar refractivity (Wildman–Crippen MR) is 106 cm³/mol. The number of rotatable bonds is 7. The van der Waals surface area contributed by atoms with Gasteiger partial charge < -0.3 is 25.0 Å². The van der Waals surface area contributed by atoms with Gasteiger partial charge in [0.1, 0.15) is 11.8 Å². The molecule has 8 heteroatoms. The van der Waals surface area contributed by atoms with Crippen molar-refractivity contribution in [3.05, 3.63) is 29.8 Å². The highest BCUT2D eigenvalue weighted by atomic mass is 35.5. The van der Waals surface area contributed by atoms with Gasteiger partial charge in [0.15, 0.2) is 0 Å². The summed E-state index contributed by atoms with van der Waals surface area (Å²) in [6.45, 7) is 2.57. The van der Waals surface area contributed by atoms with Crippen LogP contribution in [-0.2, 0) is 20.7 Å². The van der Waals surface area contributed by atoms with Crippen molar-refractivity contribution in [2.45, 2.75) is 25.3 Å². The van der Waals surface area contributed by atoms with Crippen molar-refractivity contribution >= 4 is 24.2 Å². The lowest BCUT2D eigenvalue weighted by Crippen LogP contribution is -2.47. The number of halogens is 1. The number of methoxy groups -OCH3 is 2. The largest absolute Gasteiger partial charge is 0.497 e. The van der Waals surface area contributed by atoms with Crippen LogP contribution < -0.4 is 10.5 Å². The first-order valence-electron chi connectivity index (χ1n) is 8.99. The van der Waals surface area contributed by atoms with Crippen molar-refractivity contribution in [2.75, 3.05) is 47.0 Å². The Morgan fingerprint density at radius 2 is 1.70 bits per heavy atom. The predicted octanol–water partition coefficient (Wildman–Crippen LogP) is 1.08. The van der Waals surface area contributed by atoms with Crippen molar-refractivity contribution < 1.29 is 19.1 Å². The van der Waals surface area contributed by atoms with Gasteiger partial charge in [0, 0.05) is 39.7 Å². The number of carbonyl (C=O) groups excluding carboxylic acids is 2. The Hall–Kier alpha value is -1.83. The lowest BCUT2D eigenvalue weighted by molar-refractivity contribution is -0.135. The summed E-state index contributed by atoms with van der Waals surface area (Å²) in [7, 11) is 3.16. The summed E-state index contributed by atoms with van der Waals surface area (Å²) in [6.07, 6.45) is 1.92. The first-order valence-corrected chi connectivity index (χ1v) is 8.99. The summed E-state index contributed by atoms with van der Waals surface area (Å²) in [5, 5.41) is 0. The van der Waals surface area contributed by atoms with E-state index in [0.29, 0.717) is 39.0 Å². The maximum Gasteiger partial charge on any atom is 0.241 e. The second-order valence-electron chi connectivity index (χ2n) is 6.47. The van der Waals surface area contributed by atoms with Crippen LogP contribution in [0.4, 0.5) is 0 Å². The zero-order valence-corrected chi connectivity index (χ0v) is 16.9. The van der Waals surface area contributed by atoms with Crippen molar-refractivity contribution in [1.82, 2.24) is 9.80 Å². The Morgan fingerprint density at radius 3 is 2.33 bits per heavy atom. The molecule has 1 heterocycles. The van der Waals surface area contributed by atoms with E-state index in [1.165, 1.54) is 7.11 Å². The van der Waals surface area contributed by atoms with Gasteiger partial charge in [-0.05, 0) is 30.5 Å². The molecule has 2 rings (SSSR count). The molecule has 1 aromatic carbocycles. The molecule has 0 bridgehead atoms. The quantitative estimate of drug-likeness (QED) is 0.741. The summed E-state index contributed by atoms with van der Waals surface area (Å²) in [6, 6.07) is 7.12. The molecule has 0 aliphatic carbocycles. The van der Waals surface area contributed by atoms with E-state index >= 15 is 0 Å². The van der Waals surface area contributed by atoms with E-state index in [1.807, 2.05) is 29.2 Å². The maximum atomic E-state index is 12.5. The van der Waals surface area contributed by atoms with Crippen molar-refractivity contribution in [1.29, 1.82) is 0 Å². The monoisotopic (exact) mass is 399 g/mol. The molecule has 2 N–H and O–H groups in total. The van der Waals surface area contributed by atoms with Crippen molar-refractivity contribution in [2.24, 2.45) is 5.73 Å². The van der Waals surface area contributed by atoms with Crippen LogP contribution in [0.3, 0.4) is 0 Å². The average Bonchev–Trinajstić information content (AvgIpc) is 2.92. The maximum absolute atomic E-state index is 12.5. The van der Waals surface area contributed by atoms with Gasteiger partial charge in [0.05, 0.1) is 13.7 Å². The third-order valence-corrected chi connectivity index (χ3v) is 4.61. The number of nitrogens with zero attached hydrogens (tertiary/aromatic N) is 2. The van der Waals surface area contributed by atoms with E-state index in [-0.39, 0.29) is 30.8 Å². The number of benzene rings is 1. The molecular formula is C19H30ClN3O4. The fraction of sp³-hybridized carbons (Fsp3) is 0.579. The Kier molecular flexibility index (Phi) is 10.1. The molecule has 1 unspecified atom stereocenters. The minimum atomic E-state index is -0.641. The summed E-state index contributed by atoms with van der Waals surface area (Å²) in [5.74, 6) is 0.819. The molecular weight excluding hydrogens is 370 g/mol. The van der Waals surface area contributed by atoms with Crippen LogP contribution in [0.2, 0.25) is 0 Å². The molecule has 1 aliphatic rings. The minimum Gasteiger partial charge on any atom is -0.497 e. The van der Waals surface area contributed by atoms with Gasteiger partial charge in [0.2, 0.25) is 11.8 Å². The third kappa shape index (κ3) is 7.01. The van der Waals surface area contributed by atoms with Crippen molar-refractivity contribution in [3.8, 4) is 5.75 Å². The SMILES string of the molecule is COCC(N)C(=O)N1CCCN(C(=O)CCc2ccc(OC)cc2)CC1.Cl. The van der Waals surface area contributed by atoms with Gasteiger partial charge in [-0.15, -0.1) is 12.4 Å². The number of amides is 2. The second-order valence-corrected chi connectivity index (χ2v) is 6.47. The number of hydrogen-bond donors (Lipinski definition) is 1. The van der Waals surface area contributed by atoms with Crippen LogP contribution in [0, 0.1) is 0 Å². The summed E-state index contributed by atoms with van der Waals surface area (Å²) < 4.78 is 10.1. The Bertz CT molecular complexity index is 597. The fourth-order valence-corrected chi connectivity index (χ4v) is 3.07. The normalized spacial score (nSPS) is 15.5. The molecule has 152 valence electrons. The summed E-state index contributed by atoms with van der Waals surface area (Å²) in [4.78, 5) is 28.4. The third-order valence-electron chi connectivity index (χ3n) is 4.61. The molecule has 27 heavy (non-hydrogen) atoms. The Balaban J connectivity index is 0.00000364. The first-order chi connectivity index (χ1) is 12.5. The molecule has 0 spiro atoms. The first kappa shape index (κ1) is 23.2. The van der Waals surface area contributed by atoms with Gasteiger partial charge in [-0.3, -0.25) is 9.59 Å². The smallest absolute Gasteiger partial charge is 0.241 e. The second kappa shape index (κ2) is 11.8. The molecule has 0 radical (unpaired) electrons. The van der Waals surface area contributed by atoms with Gasteiger partial charge >= 0.3 is 0 Å². The Labute approximate surface area is 167 Å². The van der Waals surface area contributed by atoms with Crippen molar-refractivity contribution in [3.63, 3.8) is 0 Å². The van der Waals surface area contributed by atoms with Gasteiger partial charge in [-0.1, -0.05) is 12.1 Å². The van der Waals surface area contributed by atoms with E-state index in [1.54, 1.807) is 12.0 Å². The van der Waals surface area contributed by atoms with Crippen LogP contribution >= 0.6 is 12.4 Å². The average molecular weight is 400 g/mol. The topological polar surface area (TPSA) is 85.1 Å². The highest BCUT2D eigenvalue weighted by Crippen LogP contribution is 2.14. The molecule has 1 atom stereocenters. The van der Waals surface area contributed by atoms with E-state index in [4.69, 9.17) is 15.2 Å². The number of ether oxygens (including phenoxy) is 2. The number of aryl methyl sites for hydroxylation is 1. The number of nitrogens with two attached hydrogens (primary N) is 1. The molecule has 1 aliphatic heterocycles. The zero-order chi connectivity index (χ0) is 18.9. The lowest BCUT2D eigenvalue weighted by atomic mass is 10.1. The molecule has 2 amide bonds. The summed E-state index contributed by atoms with van der Waals surface area (Å²) >= 11 is 0. The standard InChI is InChI=1S/C19H29N3O4.ClH/c1-25-14-17(20)19(24)22-11-3-10-21(12-13-22)18(23)9-6-15-4-7-16(26-2)8-5-15;/h4-5,7-8,17H,3,6,9-14,20H2,1-2H3;1H. The van der Waals surface area contributed by atoms with E-state index in [0.717, 1.165) is 17.7 Å². The molecule has 1 fully saturated rings. The van der Waals surface area contributed by atoms with Crippen LogP contribution in [0.15, 0.2) is 24.3 Å². The molecule has 1 aromatic rings. The molecule has 0 aromatic heterocycles. The number of carbonyl (C=O) groups is 2. The highest BCUT2D eigenvalue weighted by molar-refractivity contribution is 5.85. The van der Waals surface area contributed by atoms with Gasteiger partial charge in [-0.2, -0.15) is 0 Å². The van der Waals surface area contributed by atoms with Gasteiger partial charge in [-0.25, -0.2) is 0 Å². The molecule has 7 nitrogen and oxygen atoms in total. The summed E-state index contributed by atoms with van der Waals surface area (Å²) in [5.41, 5.74) is 6.94. The van der Waals surface area contributed by atoms with E-state index in [2.05, 4.69) is 0 Å². The lowest BCUT2D eigenvalue weighted by Gasteiger charge is -2.24. The Morgan fingerprint density at radius 1 is 1.07 bits per heavy atom. The molecule has 0 saturated carbocycles. The zero-order valence-electron chi connectivity index (χ0n) is 16.1. The van der Waals surface area contributed by atoms with E-state index < -0.39 is 6.04 Å². The van der Waals surface area contributed by atoms with Gasteiger partial charge in [0.25, 0.3) is 0 Å². The highest BCUT2D eigenvalue weighted by Gasteiger charge is 2.25. The van der Waals surface area contributed by atoms with Crippen LogP contribution in [-0.4, -0.2) is 74.7 Å². The van der Waals surface area contributed by atoms with E-state index in [9.17, 15) is 9.59 Å². The number of hydrogen-bond acceptors (Lipinski definition) is 5. The minimum absolute atomic E-state index is 0. The van der Waals surface area contributed by atoms with Crippen LogP contribution in [0.5, 0.6) is 5.75 Å². The van der Waals surface area contributed by atoms with Crippen LogP contribution in [0.1, 0.15) is 18.4 Å². The molecule has 1 saturated heterocycles.